The van der Waals surface area contributed by atoms with Crippen LogP contribution in [0, 0.1) is 6.92 Å². The third kappa shape index (κ3) is 6.07. The van der Waals surface area contributed by atoms with E-state index in [-0.39, 0.29) is 28.7 Å². The quantitative estimate of drug-likeness (QED) is 0.299. The van der Waals surface area contributed by atoms with E-state index < -0.39 is 0 Å². The van der Waals surface area contributed by atoms with Crippen molar-refractivity contribution in [2.45, 2.75) is 75.4 Å². The van der Waals surface area contributed by atoms with Crippen LogP contribution in [0.5, 0.6) is 5.75 Å². The zero-order chi connectivity index (χ0) is 27.4. The van der Waals surface area contributed by atoms with Gasteiger partial charge in [0.1, 0.15) is 10.6 Å². The smallest absolute Gasteiger partial charge is 0.263 e. The van der Waals surface area contributed by atoms with Crippen molar-refractivity contribution < 1.29 is 14.3 Å². The van der Waals surface area contributed by atoms with Gasteiger partial charge in [0.2, 0.25) is 5.91 Å². The lowest BCUT2D eigenvalue weighted by atomic mass is 9.95. The minimum absolute atomic E-state index is 0.0134. The van der Waals surface area contributed by atoms with Crippen molar-refractivity contribution in [3.63, 3.8) is 0 Å². The molecule has 1 aromatic carbocycles. The molecule has 0 aliphatic heterocycles. The number of benzene rings is 1. The van der Waals surface area contributed by atoms with Crippen LogP contribution in [0.25, 0.3) is 10.2 Å². The Kier molecular flexibility index (Phi) is 9.15. The molecule has 0 bridgehead atoms. The van der Waals surface area contributed by atoms with Gasteiger partial charge in [0.05, 0.1) is 29.2 Å². The first-order chi connectivity index (χ1) is 18.2. The first-order valence-corrected chi connectivity index (χ1v) is 14.8. The average molecular weight is 557 g/mol. The molecular weight excluding hydrogens is 520 g/mol. The maximum Gasteiger partial charge on any atom is 0.263 e. The van der Waals surface area contributed by atoms with Gasteiger partial charge in [-0.25, -0.2) is 4.98 Å². The molecule has 1 atom stereocenters. The molecule has 1 fully saturated rings. The summed E-state index contributed by atoms with van der Waals surface area (Å²) in [7, 11) is 5.00. The molecule has 3 aromatic rings. The van der Waals surface area contributed by atoms with E-state index in [1.807, 2.05) is 31.2 Å². The first-order valence-electron chi connectivity index (χ1n) is 13.1. The molecule has 8 nitrogen and oxygen atoms in total. The van der Waals surface area contributed by atoms with E-state index in [2.05, 4.69) is 5.32 Å². The van der Waals surface area contributed by atoms with Crippen molar-refractivity contribution in [2.75, 3.05) is 21.2 Å². The predicted molar refractivity (Wildman–Crippen MR) is 154 cm³/mol. The summed E-state index contributed by atoms with van der Waals surface area (Å²) < 4.78 is 6.91. The van der Waals surface area contributed by atoms with Crippen LogP contribution in [0.1, 0.15) is 66.2 Å². The van der Waals surface area contributed by atoms with E-state index in [9.17, 15) is 14.4 Å². The van der Waals surface area contributed by atoms with E-state index in [1.165, 1.54) is 34.4 Å². The fourth-order valence-electron chi connectivity index (χ4n) is 4.74. The van der Waals surface area contributed by atoms with Gasteiger partial charge in [-0.3, -0.25) is 19.0 Å². The number of nitrogens with one attached hydrogen (secondary N) is 1. The Morgan fingerprint density at radius 3 is 2.50 bits per heavy atom. The molecule has 4 rings (SSSR count). The minimum atomic E-state index is -0.382. The van der Waals surface area contributed by atoms with Crippen molar-refractivity contribution in [1.82, 2.24) is 19.8 Å². The minimum Gasteiger partial charge on any atom is -0.497 e. The fraction of sp³-hybridized carbons (Fsp3) is 0.500. The molecule has 0 saturated heterocycles. The number of nitrogens with zero attached hydrogens (tertiary/aromatic N) is 3. The zero-order valence-electron chi connectivity index (χ0n) is 22.7. The lowest BCUT2D eigenvalue weighted by Gasteiger charge is -2.25. The number of methoxy groups -OCH3 is 1. The maximum absolute atomic E-state index is 13.9. The summed E-state index contributed by atoms with van der Waals surface area (Å²) >= 11 is 2.56. The van der Waals surface area contributed by atoms with Gasteiger partial charge in [-0.2, -0.15) is 0 Å². The van der Waals surface area contributed by atoms with E-state index in [1.54, 1.807) is 32.7 Å². The number of hydrogen-bond donors (Lipinski definition) is 1. The SMILES string of the molecule is CCC(Sc1nc2sc(C(=O)N(C)C)c(C)c2c(=O)n1Cc1ccc(OC)cc1)C(=O)NC1CCCCC1. The summed E-state index contributed by atoms with van der Waals surface area (Å²) in [6.07, 6.45) is 6.12. The molecule has 0 radical (unpaired) electrons. The highest BCUT2D eigenvalue weighted by molar-refractivity contribution is 8.00. The summed E-state index contributed by atoms with van der Waals surface area (Å²) in [6, 6.07) is 7.75. The van der Waals surface area contributed by atoms with Gasteiger partial charge in [0, 0.05) is 20.1 Å². The number of carbonyl (C=O) groups is 2. The van der Waals surface area contributed by atoms with Gasteiger partial charge in [0.15, 0.2) is 5.16 Å². The number of carbonyl (C=O) groups excluding carboxylic acids is 2. The number of amides is 2. The molecule has 38 heavy (non-hydrogen) atoms. The monoisotopic (exact) mass is 556 g/mol. The number of aromatic nitrogens is 2. The molecular formula is C28H36N4O4S2. The van der Waals surface area contributed by atoms with Gasteiger partial charge in [-0.15, -0.1) is 11.3 Å². The second-order valence-corrected chi connectivity index (χ2v) is 12.1. The van der Waals surface area contributed by atoms with Crippen molar-refractivity contribution in [2.24, 2.45) is 0 Å². The number of thioether (sulfide) groups is 1. The van der Waals surface area contributed by atoms with E-state index in [4.69, 9.17) is 9.72 Å². The van der Waals surface area contributed by atoms with Crippen molar-refractivity contribution in [1.29, 1.82) is 0 Å². The first kappa shape index (κ1) is 28.2. The van der Waals surface area contributed by atoms with E-state index in [0.717, 1.165) is 37.0 Å². The lowest BCUT2D eigenvalue weighted by molar-refractivity contribution is -0.121. The molecule has 2 heterocycles. The lowest BCUT2D eigenvalue weighted by Crippen LogP contribution is -2.41. The fourth-order valence-corrected chi connectivity index (χ4v) is 7.00. The Balaban J connectivity index is 1.75. The molecule has 2 amide bonds. The summed E-state index contributed by atoms with van der Waals surface area (Å²) in [4.78, 5) is 47.4. The summed E-state index contributed by atoms with van der Waals surface area (Å²) in [5.74, 6) is 0.565. The molecule has 2 aromatic heterocycles. The van der Waals surface area contributed by atoms with Crippen LogP contribution in [-0.2, 0) is 11.3 Å². The highest BCUT2D eigenvalue weighted by atomic mass is 32.2. The van der Waals surface area contributed by atoms with Gasteiger partial charge in [0.25, 0.3) is 11.5 Å². The Bertz CT molecular complexity index is 1360. The predicted octanol–water partition coefficient (Wildman–Crippen LogP) is 4.84. The molecule has 0 spiro atoms. The largest absolute Gasteiger partial charge is 0.497 e. The second-order valence-electron chi connectivity index (χ2n) is 9.93. The van der Waals surface area contributed by atoms with E-state index in [0.29, 0.717) is 38.8 Å². The van der Waals surface area contributed by atoms with Crippen LogP contribution in [0.15, 0.2) is 34.2 Å². The number of ether oxygens (including phenoxy) is 1. The summed E-state index contributed by atoms with van der Waals surface area (Å²) in [5.41, 5.74) is 1.35. The Morgan fingerprint density at radius 2 is 1.89 bits per heavy atom. The standard InChI is InChI=1S/C28H36N4O4S2/c1-6-21(24(33)29-19-10-8-7-9-11-19)37-28-30-25-22(17(2)23(38-25)27(35)31(3)4)26(34)32(28)16-18-12-14-20(36-5)15-13-18/h12-15,19,21H,6-11,16H2,1-5H3,(H,29,33). The second kappa shape index (κ2) is 12.3. The van der Waals surface area contributed by atoms with Gasteiger partial charge >= 0.3 is 0 Å². The maximum atomic E-state index is 13.9. The molecule has 1 aliphatic carbocycles. The van der Waals surface area contributed by atoms with Gasteiger partial charge < -0.3 is 15.0 Å². The van der Waals surface area contributed by atoms with Crippen molar-refractivity contribution in [3.8, 4) is 5.75 Å². The van der Waals surface area contributed by atoms with Crippen LogP contribution in [0.3, 0.4) is 0 Å². The molecule has 1 unspecified atom stereocenters. The van der Waals surface area contributed by atoms with Crippen LogP contribution in [0.4, 0.5) is 0 Å². The number of aryl methyl sites for hydroxylation is 1. The Morgan fingerprint density at radius 1 is 1.21 bits per heavy atom. The average Bonchev–Trinajstić information content (AvgIpc) is 3.25. The number of thiophene rings is 1. The molecule has 10 heteroatoms. The molecule has 1 saturated carbocycles. The number of fused-ring (bicyclic) bond motifs is 1. The third-order valence-corrected chi connectivity index (χ3v) is 9.51. The number of hydrogen-bond acceptors (Lipinski definition) is 7. The summed E-state index contributed by atoms with van der Waals surface area (Å²) in [5, 5.41) is 3.78. The molecule has 1 aliphatic rings. The topological polar surface area (TPSA) is 93.5 Å². The number of rotatable bonds is 9. The van der Waals surface area contributed by atoms with Crippen LogP contribution in [0.2, 0.25) is 0 Å². The Labute approximate surface area is 231 Å². The highest BCUT2D eigenvalue weighted by Gasteiger charge is 2.27. The van der Waals surface area contributed by atoms with Gasteiger partial charge in [-0.1, -0.05) is 50.1 Å². The molecule has 204 valence electrons. The van der Waals surface area contributed by atoms with Gasteiger partial charge in [-0.05, 0) is 49.4 Å². The Hall–Kier alpha value is -2.85. The van der Waals surface area contributed by atoms with Crippen LogP contribution in [-0.4, -0.2) is 58.8 Å². The molecule has 1 N–H and O–H groups in total. The van der Waals surface area contributed by atoms with Crippen LogP contribution < -0.4 is 15.6 Å². The zero-order valence-corrected chi connectivity index (χ0v) is 24.3. The van der Waals surface area contributed by atoms with Crippen LogP contribution >= 0.6 is 23.1 Å². The van der Waals surface area contributed by atoms with Crippen molar-refractivity contribution in [3.05, 3.63) is 50.6 Å². The third-order valence-electron chi connectivity index (χ3n) is 6.98. The summed E-state index contributed by atoms with van der Waals surface area (Å²) in [6.45, 7) is 4.07. The van der Waals surface area contributed by atoms with Crippen molar-refractivity contribution >= 4 is 45.1 Å². The highest BCUT2D eigenvalue weighted by Crippen LogP contribution is 2.32. The normalized spacial score (nSPS) is 14.9. The van der Waals surface area contributed by atoms with E-state index >= 15 is 0 Å².